The molecule has 0 radical (unpaired) electrons. The van der Waals surface area contributed by atoms with E-state index in [4.69, 9.17) is 21.1 Å². The van der Waals surface area contributed by atoms with E-state index in [9.17, 15) is 4.79 Å². The Balaban J connectivity index is 2.54. The van der Waals surface area contributed by atoms with Gasteiger partial charge in [-0.2, -0.15) is 0 Å². The molecule has 0 saturated heterocycles. The van der Waals surface area contributed by atoms with E-state index in [2.05, 4.69) is 4.98 Å². The molecule has 2 rings (SSSR count). The van der Waals surface area contributed by atoms with Crippen molar-refractivity contribution in [2.75, 3.05) is 0 Å². The van der Waals surface area contributed by atoms with Gasteiger partial charge in [-0.15, -0.1) is 0 Å². The molecule has 0 unspecified atom stereocenters. The molecule has 0 aliphatic heterocycles. The van der Waals surface area contributed by atoms with Crippen LogP contribution >= 0.6 is 11.6 Å². The normalized spacial score (nSPS) is 10.7. The first-order chi connectivity index (χ1) is 9.04. The molecule has 0 aliphatic carbocycles. The molecule has 1 aromatic heterocycles. The van der Waals surface area contributed by atoms with Crippen LogP contribution in [0.25, 0.3) is 11.5 Å². The van der Waals surface area contributed by atoms with E-state index in [1.807, 2.05) is 19.9 Å². The van der Waals surface area contributed by atoms with Crippen molar-refractivity contribution in [2.24, 2.45) is 0 Å². The summed E-state index contributed by atoms with van der Waals surface area (Å²) in [7, 11) is 0. The van der Waals surface area contributed by atoms with Crippen LogP contribution in [0.4, 0.5) is 0 Å². The average Bonchev–Trinajstić information content (AvgIpc) is 2.77. The maximum absolute atomic E-state index is 11.1. The summed E-state index contributed by atoms with van der Waals surface area (Å²) in [6, 6.07) is 5.37. The number of carboxylic acid groups (broad SMARTS) is 1. The van der Waals surface area contributed by atoms with E-state index in [0.29, 0.717) is 23.0 Å². The second kappa shape index (κ2) is 5.45. The van der Waals surface area contributed by atoms with Gasteiger partial charge in [0.05, 0.1) is 5.69 Å². The van der Waals surface area contributed by atoms with Gasteiger partial charge in [-0.3, -0.25) is 0 Å². The first-order valence-corrected chi connectivity index (χ1v) is 6.40. The first kappa shape index (κ1) is 13.6. The number of hydrogen-bond donors (Lipinski definition) is 1. The van der Waals surface area contributed by atoms with Crippen LogP contribution in [0.1, 0.15) is 35.2 Å². The molecule has 4 nitrogen and oxygen atoms in total. The van der Waals surface area contributed by atoms with E-state index in [1.165, 1.54) is 0 Å². The van der Waals surface area contributed by atoms with Crippen molar-refractivity contribution in [3.05, 3.63) is 40.2 Å². The number of halogens is 1. The van der Waals surface area contributed by atoms with Gasteiger partial charge in [0.2, 0.25) is 11.7 Å². The maximum atomic E-state index is 11.1. The van der Waals surface area contributed by atoms with Crippen LogP contribution in [0, 0.1) is 6.92 Å². The molecule has 0 saturated carbocycles. The van der Waals surface area contributed by atoms with Gasteiger partial charge in [0, 0.05) is 10.6 Å². The fraction of sp³-hybridized carbons (Fsp3) is 0.286. The van der Waals surface area contributed by atoms with Crippen LogP contribution in [-0.2, 0) is 6.42 Å². The third-order valence-corrected chi connectivity index (χ3v) is 3.29. The molecule has 0 amide bonds. The monoisotopic (exact) mass is 279 g/mol. The molecule has 0 aliphatic rings. The second-order valence-corrected chi connectivity index (χ2v) is 4.67. The number of aromatic carboxylic acids is 1. The predicted molar refractivity (Wildman–Crippen MR) is 72.6 cm³/mol. The zero-order chi connectivity index (χ0) is 14.0. The highest BCUT2D eigenvalue weighted by Gasteiger charge is 2.20. The lowest BCUT2D eigenvalue weighted by atomic mass is 10.1. The second-order valence-electron chi connectivity index (χ2n) is 4.26. The van der Waals surface area contributed by atoms with Gasteiger partial charge in [-0.05, 0) is 31.0 Å². The van der Waals surface area contributed by atoms with Crippen LogP contribution in [0.2, 0.25) is 5.02 Å². The van der Waals surface area contributed by atoms with Gasteiger partial charge < -0.3 is 9.52 Å². The summed E-state index contributed by atoms with van der Waals surface area (Å²) in [4.78, 5) is 15.4. The minimum Gasteiger partial charge on any atom is -0.475 e. The highest BCUT2D eigenvalue weighted by Crippen LogP contribution is 2.29. The summed E-state index contributed by atoms with van der Waals surface area (Å²) in [6.45, 7) is 3.81. The van der Waals surface area contributed by atoms with E-state index in [1.54, 1.807) is 12.1 Å². The van der Waals surface area contributed by atoms with Crippen molar-refractivity contribution in [1.29, 1.82) is 0 Å². The minimum absolute atomic E-state index is 0.0868. The van der Waals surface area contributed by atoms with Crippen molar-refractivity contribution in [3.63, 3.8) is 0 Å². The zero-order valence-corrected chi connectivity index (χ0v) is 11.5. The van der Waals surface area contributed by atoms with Crippen LogP contribution in [0.15, 0.2) is 22.6 Å². The van der Waals surface area contributed by atoms with Crippen molar-refractivity contribution >= 4 is 17.6 Å². The summed E-state index contributed by atoms with van der Waals surface area (Å²) < 4.78 is 5.38. The summed E-state index contributed by atoms with van der Waals surface area (Å²) >= 11 is 6.05. The number of rotatable bonds is 4. The van der Waals surface area contributed by atoms with Crippen molar-refractivity contribution in [1.82, 2.24) is 4.98 Å². The average molecular weight is 280 g/mol. The summed E-state index contributed by atoms with van der Waals surface area (Å²) in [6.07, 6.45) is 1.38. The maximum Gasteiger partial charge on any atom is 0.373 e. The smallest absolute Gasteiger partial charge is 0.373 e. The Bertz CT molecular complexity index is 619. The standard InChI is InChI=1S/C14H14ClNO3/c1-3-5-11-12(14(17)18)19-13(16-11)9-6-4-7-10(15)8(9)2/h4,6-7H,3,5H2,1-2H3,(H,17,18). The Morgan fingerprint density at radius 2 is 2.21 bits per heavy atom. The highest BCUT2D eigenvalue weighted by molar-refractivity contribution is 6.31. The quantitative estimate of drug-likeness (QED) is 0.920. The van der Waals surface area contributed by atoms with Crippen molar-refractivity contribution < 1.29 is 14.3 Å². The number of nitrogens with zero attached hydrogens (tertiary/aromatic N) is 1. The number of aryl methyl sites for hydroxylation is 1. The third-order valence-electron chi connectivity index (χ3n) is 2.88. The van der Waals surface area contributed by atoms with Crippen molar-refractivity contribution in [3.8, 4) is 11.5 Å². The summed E-state index contributed by atoms with van der Waals surface area (Å²) in [5.74, 6) is -0.876. The number of carbonyl (C=O) groups is 1. The lowest BCUT2D eigenvalue weighted by molar-refractivity contribution is 0.0661. The molecule has 100 valence electrons. The zero-order valence-electron chi connectivity index (χ0n) is 10.7. The van der Waals surface area contributed by atoms with Crippen molar-refractivity contribution in [2.45, 2.75) is 26.7 Å². The number of aromatic nitrogens is 1. The summed E-state index contributed by atoms with van der Waals surface area (Å²) in [5, 5.41) is 9.72. The van der Waals surface area contributed by atoms with Crippen LogP contribution in [-0.4, -0.2) is 16.1 Å². The number of oxazole rings is 1. The SMILES string of the molecule is CCCc1nc(-c2cccc(Cl)c2C)oc1C(=O)O. The lowest BCUT2D eigenvalue weighted by Crippen LogP contribution is -1.99. The number of carboxylic acids is 1. The predicted octanol–water partition coefficient (Wildman–Crippen LogP) is 3.95. The van der Waals surface area contributed by atoms with E-state index in [-0.39, 0.29) is 5.76 Å². The fourth-order valence-electron chi connectivity index (χ4n) is 1.88. The molecule has 0 fully saturated rings. The summed E-state index contributed by atoms with van der Waals surface area (Å²) in [5.41, 5.74) is 2.02. The first-order valence-electron chi connectivity index (χ1n) is 6.03. The molecule has 5 heteroatoms. The minimum atomic E-state index is -1.10. The topological polar surface area (TPSA) is 63.3 Å². The Morgan fingerprint density at radius 1 is 1.47 bits per heavy atom. The third kappa shape index (κ3) is 2.63. The molecular weight excluding hydrogens is 266 g/mol. The number of hydrogen-bond acceptors (Lipinski definition) is 3. The van der Waals surface area contributed by atoms with Crippen LogP contribution in [0.5, 0.6) is 0 Å². The molecular formula is C14H14ClNO3. The van der Waals surface area contributed by atoms with Crippen LogP contribution < -0.4 is 0 Å². The van der Waals surface area contributed by atoms with Gasteiger partial charge in [0.15, 0.2) is 0 Å². The van der Waals surface area contributed by atoms with E-state index >= 15 is 0 Å². The molecule has 0 bridgehead atoms. The van der Waals surface area contributed by atoms with Gasteiger partial charge in [0.1, 0.15) is 0 Å². The largest absolute Gasteiger partial charge is 0.475 e. The molecule has 2 aromatic rings. The number of benzene rings is 1. The molecule has 19 heavy (non-hydrogen) atoms. The highest BCUT2D eigenvalue weighted by atomic mass is 35.5. The molecule has 0 atom stereocenters. The molecule has 1 N–H and O–H groups in total. The Morgan fingerprint density at radius 3 is 2.84 bits per heavy atom. The van der Waals surface area contributed by atoms with Gasteiger partial charge in [-0.25, -0.2) is 9.78 Å². The van der Waals surface area contributed by atoms with E-state index in [0.717, 1.165) is 17.5 Å². The van der Waals surface area contributed by atoms with E-state index < -0.39 is 5.97 Å². The Hall–Kier alpha value is -1.81. The lowest BCUT2D eigenvalue weighted by Gasteiger charge is -2.02. The molecule has 1 aromatic carbocycles. The van der Waals surface area contributed by atoms with Gasteiger partial charge in [-0.1, -0.05) is 31.0 Å². The molecule has 1 heterocycles. The fourth-order valence-corrected chi connectivity index (χ4v) is 2.05. The van der Waals surface area contributed by atoms with Gasteiger partial charge >= 0.3 is 5.97 Å². The van der Waals surface area contributed by atoms with Crippen LogP contribution in [0.3, 0.4) is 0 Å². The Kier molecular flexibility index (Phi) is 3.90. The molecule has 0 spiro atoms. The van der Waals surface area contributed by atoms with Gasteiger partial charge in [0.25, 0.3) is 0 Å². The Labute approximate surface area is 116 Å².